The van der Waals surface area contributed by atoms with Crippen LogP contribution in [-0.4, -0.2) is 49.1 Å². The molecule has 2 aliphatic rings. The van der Waals surface area contributed by atoms with Gasteiger partial charge in [0, 0.05) is 33.2 Å². The summed E-state index contributed by atoms with van der Waals surface area (Å²) >= 11 is 0. The summed E-state index contributed by atoms with van der Waals surface area (Å²) in [4.78, 5) is 25.2. The number of likely N-dealkylation sites (tertiary alicyclic amines) is 1. The Morgan fingerprint density at radius 1 is 1.59 bits per heavy atom. The van der Waals surface area contributed by atoms with Crippen LogP contribution in [-0.2, 0) is 14.3 Å². The summed E-state index contributed by atoms with van der Waals surface area (Å²) in [5, 5.41) is 2.71. The van der Waals surface area contributed by atoms with Crippen LogP contribution < -0.4 is 5.32 Å². The molecule has 1 N–H and O–H groups in total. The Balaban J connectivity index is 1.97. The quantitative estimate of drug-likeness (QED) is 0.747. The molecule has 0 spiro atoms. The summed E-state index contributed by atoms with van der Waals surface area (Å²) in [6.45, 7) is 3.93. The van der Waals surface area contributed by atoms with Crippen molar-refractivity contribution in [2.75, 3.05) is 26.7 Å². The number of methoxy groups -OCH3 is 1. The van der Waals surface area contributed by atoms with Gasteiger partial charge in [-0.2, -0.15) is 0 Å². The second-order valence-electron chi connectivity index (χ2n) is 5.22. The van der Waals surface area contributed by atoms with Crippen LogP contribution in [0.2, 0.25) is 0 Å². The molecule has 5 heteroatoms. The van der Waals surface area contributed by atoms with E-state index >= 15 is 0 Å². The third-order valence-corrected chi connectivity index (χ3v) is 3.79. The summed E-state index contributed by atoms with van der Waals surface area (Å²) in [7, 11) is 1.69. The molecule has 2 heterocycles. The van der Waals surface area contributed by atoms with E-state index in [9.17, 15) is 9.59 Å². The zero-order valence-corrected chi connectivity index (χ0v) is 10.5. The van der Waals surface area contributed by atoms with Gasteiger partial charge in [0.05, 0.1) is 11.5 Å². The minimum Gasteiger partial charge on any atom is -0.377 e. The molecule has 0 aliphatic carbocycles. The average Bonchev–Trinajstić information content (AvgIpc) is 2.75. The van der Waals surface area contributed by atoms with Gasteiger partial charge in [0.25, 0.3) is 0 Å². The van der Waals surface area contributed by atoms with Crippen LogP contribution in [0.5, 0.6) is 0 Å². The van der Waals surface area contributed by atoms with Gasteiger partial charge in [-0.3, -0.25) is 9.59 Å². The van der Waals surface area contributed by atoms with Gasteiger partial charge in [-0.1, -0.05) is 0 Å². The second kappa shape index (κ2) is 4.64. The van der Waals surface area contributed by atoms with E-state index in [0.29, 0.717) is 19.5 Å². The number of piperidine rings is 1. The van der Waals surface area contributed by atoms with Gasteiger partial charge < -0.3 is 15.0 Å². The van der Waals surface area contributed by atoms with Crippen molar-refractivity contribution >= 4 is 11.8 Å². The number of hydrogen-bond acceptors (Lipinski definition) is 3. The first-order chi connectivity index (χ1) is 8.04. The normalized spacial score (nSPS) is 33.6. The van der Waals surface area contributed by atoms with Crippen LogP contribution >= 0.6 is 0 Å². The molecule has 2 amide bonds. The summed E-state index contributed by atoms with van der Waals surface area (Å²) in [6, 6.07) is 0. The van der Waals surface area contributed by atoms with E-state index in [1.54, 1.807) is 7.11 Å². The molecule has 2 fully saturated rings. The van der Waals surface area contributed by atoms with E-state index < -0.39 is 0 Å². The van der Waals surface area contributed by atoms with Crippen molar-refractivity contribution in [3.05, 3.63) is 0 Å². The summed E-state index contributed by atoms with van der Waals surface area (Å²) in [5.74, 6) is -0.108. The fraction of sp³-hybridized carbons (Fsp3) is 0.833. The molecule has 0 aromatic rings. The van der Waals surface area contributed by atoms with Gasteiger partial charge in [0.15, 0.2) is 0 Å². The van der Waals surface area contributed by atoms with Gasteiger partial charge in [-0.15, -0.1) is 0 Å². The van der Waals surface area contributed by atoms with Crippen molar-refractivity contribution in [3.63, 3.8) is 0 Å². The maximum absolute atomic E-state index is 12.2. The highest BCUT2D eigenvalue weighted by Gasteiger charge is 2.37. The van der Waals surface area contributed by atoms with E-state index in [1.807, 2.05) is 11.8 Å². The van der Waals surface area contributed by atoms with Crippen LogP contribution in [0.4, 0.5) is 0 Å². The fourth-order valence-electron chi connectivity index (χ4n) is 2.60. The number of carbonyl (C=O) groups is 2. The van der Waals surface area contributed by atoms with Crippen LogP contribution in [0.3, 0.4) is 0 Å². The molecule has 2 saturated heterocycles. The molecular formula is C12H20N2O3. The number of amides is 2. The predicted molar refractivity (Wildman–Crippen MR) is 62.3 cm³/mol. The largest absolute Gasteiger partial charge is 0.377 e. The lowest BCUT2D eigenvalue weighted by atomic mass is 9.93. The van der Waals surface area contributed by atoms with Crippen molar-refractivity contribution < 1.29 is 14.3 Å². The smallest absolute Gasteiger partial charge is 0.228 e. The van der Waals surface area contributed by atoms with Crippen molar-refractivity contribution in [3.8, 4) is 0 Å². The number of carbonyl (C=O) groups excluding carboxylic acids is 2. The lowest BCUT2D eigenvalue weighted by Crippen LogP contribution is -2.51. The lowest BCUT2D eigenvalue weighted by molar-refractivity contribution is -0.143. The topological polar surface area (TPSA) is 58.6 Å². The van der Waals surface area contributed by atoms with E-state index in [1.165, 1.54) is 0 Å². The zero-order chi connectivity index (χ0) is 12.5. The van der Waals surface area contributed by atoms with Gasteiger partial charge in [-0.25, -0.2) is 0 Å². The number of nitrogens with zero attached hydrogens (tertiary/aromatic N) is 1. The highest BCUT2D eigenvalue weighted by atomic mass is 16.5. The van der Waals surface area contributed by atoms with E-state index in [2.05, 4.69) is 5.32 Å². The molecule has 2 unspecified atom stereocenters. The van der Waals surface area contributed by atoms with Crippen LogP contribution in [0, 0.1) is 5.92 Å². The third kappa shape index (κ3) is 2.60. The molecule has 17 heavy (non-hydrogen) atoms. The van der Waals surface area contributed by atoms with Crippen molar-refractivity contribution in [2.45, 2.75) is 31.8 Å². The highest BCUT2D eigenvalue weighted by molar-refractivity contribution is 5.89. The molecule has 5 nitrogen and oxygen atoms in total. The van der Waals surface area contributed by atoms with Crippen molar-refractivity contribution in [1.82, 2.24) is 10.2 Å². The van der Waals surface area contributed by atoms with Gasteiger partial charge in [0.2, 0.25) is 11.8 Å². The molecule has 0 bridgehead atoms. The van der Waals surface area contributed by atoms with E-state index in [-0.39, 0.29) is 23.3 Å². The van der Waals surface area contributed by atoms with E-state index in [0.717, 1.165) is 19.4 Å². The summed E-state index contributed by atoms with van der Waals surface area (Å²) in [5.41, 5.74) is -0.232. The fourth-order valence-corrected chi connectivity index (χ4v) is 2.60. The molecule has 96 valence electrons. The molecule has 0 saturated carbocycles. The standard InChI is InChI=1S/C12H20N2O3/c1-12(17-2)4-3-5-14(8-12)11(16)9-6-10(15)13-7-9/h9H,3-8H2,1-2H3,(H,13,15). The van der Waals surface area contributed by atoms with Crippen LogP contribution in [0.15, 0.2) is 0 Å². The number of hydrogen-bond donors (Lipinski definition) is 1. The van der Waals surface area contributed by atoms with E-state index in [4.69, 9.17) is 4.74 Å². The Kier molecular flexibility index (Phi) is 3.38. The number of rotatable bonds is 2. The maximum atomic E-state index is 12.2. The third-order valence-electron chi connectivity index (χ3n) is 3.79. The minimum atomic E-state index is -0.232. The maximum Gasteiger partial charge on any atom is 0.228 e. The molecular weight excluding hydrogens is 220 g/mol. The first-order valence-electron chi connectivity index (χ1n) is 6.15. The predicted octanol–water partition coefficient (Wildman–Crippen LogP) is 0.150. The molecule has 0 aromatic heterocycles. The minimum absolute atomic E-state index is 0.0186. The Bertz CT molecular complexity index is 332. The Morgan fingerprint density at radius 2 is 2.35 bits per heavy atom. The molecule has 2 aliphatic heterocycles. The van der Waals surface area contributed by atoms with Crippen LogP contribution in [0.25, 0.3) is 0 Å². The number of ether oxygens (including phenoxy) is 1. The SMILES string of the molecule is COC1(C)CCCN(C(=O)C2CNC(=O)C2)C1. The van der Waals surface area contributed by atoms with Gasteiger partial charge in [0.1, 0.15) is 0 Å². The molecule has 0 aromatic carbocycles. The summed E-state index contributed by atoms with van der Waals surface area (Å²) < 4.78 is 5.47. The van der Waals surface area contributed by atoms with Crippen molar-refractivity contribution in [2.24, 2.45) is 5.92 Å². The second-order valence-corrected chi connectivity index (χ2v) is 5.22. The first-order valence-corrected chi connectivity index (χ1v) is 6.15. The Hall–Kier alpha value is -1.10. The summed E-state index contributed by atoms with van der Waals surface area (Å²) in [6.07, 6.45) is 2.28. The monoisotopic (exact) mass is 240 g/mol. The Morgan fingerprint density at radius 3 is 2.94 bits per heavy atom. The lowest BCUT2D eigenvalue weighted by Gasteiger charge is -2.40. The average molecular weight is 240 g/mol. The zero-order valence-electron chi connectivity index (χ0n) is 10.5. The molecule has 2 atom stereocenters. The first kappa shape index (κ1) is 12.4. The Labute approximate surface area is 101 Å². The van der Waals surface area contributed by atoms with Crippen LogP contribution in [0.1, 0.15) is 26.2 Å². The number of nitrogens with one attached hydrogen (secondary N) is 1. The highest BCUT2D eigenvalue weighted by Crippen LogP contribution is 2.25. The van der Waals surface area contributed by atoms with Crippen molar-refractivity contribution in [1.29, 1.82) is 0 Å². The molecule has 2 rings (SSSR count). The van der Waals surface area contributed by atoms with Gasteiger partial charge >= 0.3 is 0 Å². The molecule has 0 radical (unpaired) electrons. The van der Waals surface area contributed by atoms with Gasteiger partial charge in [-0.05, 0) is 19.8 Å².